The third-order valence-corrected chi connectivity index (χ3v) is 3.61. The van der Waals surface area contributed by atoms with E-state index in [0.717, 1.165) is 19.3 Å². The summed E-state index contributed by atoms with van der Waals surface area (Å²) in [4.78, 5) is 16.7. The fourth-order valence-electron chi connectivity index (χ4n) is 2.45. The van der Waals surface area contributed by atoms with E-state index in [4.69, 9.17) is 0 Å². The number of anilines is 2. The molecule has 2 unspecified atom stereocenters. The number of nitrogens with zero attached hydrogens (tertiary/aromatic N) is 6. The van der Waals surface area contributed by atoms with Crippen molar-refractivity contribution in [2.24, 2.45) is 5.92 Å². The molecule has 0 radical (unpaired) electrons. The maximum atomic E-state index is 9.84. The van der Waals surface area contributed by atoms with Crippen molar-refractivity contribution in [1.82, 2.24) is 29.7 Å². The average Bonchev–Trinajstić information content (AvgIpc) is 3.16. The first-order valence-electron chi connectivity index (χ1n) is 6.97. The highest BCUT2D eigenvalue weighted by Crippen LogP contribution is 2.25. The van der Waals surface area contributed by atoms with Gasteiger partial charge >= 0.3 is 0 Å². The molecule has 0 aromatic carbocycles. The standard InChI is InChI=1S/C12H18N8O/c1-13-10-17-11(15-5-8-3-2-4-9(8)21)19-12(18-10)20-7-14-6-16-20/h6-9,21H,2-5H2,1H3,(H2,13,15,17,18,19). The molecule has 1 aliphatic carbocycles. The van der Waals surface area contributed by atoms with Gasteiger partial charge in [0.1, 0.15) is 12.7 Å². The minimum Gasteiger partial charge on any atom is -0.393 e. The van der Waals surface area contributed by atoms with E-state index < -0.39 is 0 Å². The van der Waals surface area contributed by atoms with Crippen molar-refractivity contribution in [2.75, 3.05) is 24.2 Å². The van der Waals surface area contributed by atoms with Crippen molar-refractivity contribution in [3.8, 4) is 5.95 Å². The van der Waals surface area contributed by atoms with E-state index in [1.54, 1.807) is 7.05 Å². The summed E-state index contributed by atoms with van der Waals surface area (Å²) in [6.45, 7) is 0.644. The first-order chi connectivity index (χ1) is 10.3. The van der Waals surface area contributed by atoms with Gasteiger partial charge in [-0.1, -0.05) is 6.42 Å². The van der Waals surface area contributed by atoms with Gasteiger partial charge in [-0.3, -0.25) is 0 Å². The van der Waals surface area contributed by atoms with Crippen LogP contribution in [0.15, 0.2) is 12.7 Å². The van der Waals surface area contributed by atoms with E-state index in [1.165, 1.54) is 17.3 Å². The second kappa shape index (κ2) is 6.00. The number of hydrogen-bond acceptors (Lipinski definition) is 8. The molecule has 9 heteroatoms. The Morgan fingerprint density at radius 1 is 1.29 bits per heavy atom. The molecule has 2 aromatic rings. The normalized spacial score (nSPS) is 21.4. The zero-order valence-electron chi connectivity index (χ0n) is 11.8. The molecule has 0 saturated heterocycles. The molecule has 1 fully saturated rings. The molecule has 2 heterocycles. The summed E-state index contributed by atoms with van der Waals surface area (Å²) in [6, 6.07) is 0. The van der Waals surface area contributed by atoms with E-state index in [9.17, 15) is 5.11 Å². The number of aliphatic hydroxyl groups excluding tert-OH is 1. The number of rotatable bonds is 5. The molecule has 0 bridgehead atoms. The SMILES string of the molecule is CNc1nc(NCC2CCCC2O)nc(-n2cncn2)n1. The van der Waals surface area contributed by atoms with E-state index in [0.29, 0.717) is 24.4 Å². The van der Waals surface area contributed by atoms with E-state index in [-0.39, 0.29) is 12.0 Å². The first kappa shape index (κ1) is 13.7. The predicted molar refractivity (Wildman–Crippen MR) is 76.1 cm³/mol. The monoisotopic (exact) mass is 290 g/mol. The molecule has 2 atom stereocenters. The second-order valence-corrected chi connectivity index (χ2v) is 5.01. The maximum Gasteiger partial charge on any atom is 0.258 e. The minimum absolute atomic E-state index is 0.238. The lowest BCUT2D eigenvalue weighted by atomic mass is 10.1. The molecular weight excluding hydrogens is 272 g/mol. The van der Waals surface area contributed by atoms with Crippen molar-refractivity contribution in [1.29, 1.82) is 0 Å². The van der Waals surface area contributed by atoms with Crippen LogP contribution in [0.4, 0.5) is 11.9 Å². The van der Waals surface area contributed by atoms with Crippen molar-refractivity contribution in [3.05, 3.63) is 12.7 Å². The van der Waals surface area contributed by atoms with E-state index >= 15 is 0 Å². The van der Waals surface area contributed by atoms with Crippen LogP contribution in [0.3, 0.4) is 0 Å². The molecule has 9 nitrogen and oxygen atoms in total. The van der Waals surface area contributed by atoms with Crippen molar-refractivity contribution in [3.63, 3.8) is 0 Å². The predicted octanol–water partition coefficient (Wildman–Crippen LogP) is 0.0669. The highest BCUT2D eigenvalue weighted by Gasteiger charge is 2.25. The molecule has 0 aliphatic heterocycles. The molecule has 1 saturated carbocycles. The summed E-state index contributed by atoms with van der Waals surface area (Å²) in [5.41, 5.74) is 0. The van der Waals surface area contributed by atoms with Crippen molar-refractivity contribution < 1.29 is 5.11 Å². The van der Waals surface area contributed by atoms with Crippen LogP contribution >= 0.6 is 0 Å². The van der Waals surface area contributed by atoms with Crippen LogP contribution in [0.1, 0.15) is 19.3 Å². The van der Waals surface area contributed by atoms with Gasteiger partial charge in [0.05, 0.1) is 6.10 Å². The van der Waals surface area contributed by atoms with Gasteiger partial charge in [-0.05, 0) is 12.8 Å². The van der Waals surface area contributed by atoms with Gasteiger partial charge in [-0.25, -0.2) is 4.98 Å². The van der Waals surface area contributed by atoms with Crippen LogP contribution in [-0.2, 0) is 0 Å². The summed E-state index contributed by atoms with van der Waals surface area (Å²) in [5, 5.41) is 19.9. The Kier molecular flexibility index (Phi) is 3.91. The molecule has 2 aromatic heterocycles. The van der Waals surface area contributed by atoms with Crippen molar-refractivity contribution >= 4 is 11.9 Å². The Morgan fingerprint density at radius 3 is 2.81 bits per heavy atom. The lowest BCUT2D eigenvalue weighted by molar-refractivity contribution is 0.138. The van der Waals surface area contributed by atoms with Crippen LogP contribution in [0, 0.1) is 5.92 Å². The first-order valence-corrected chi connectivity index (χ1v) is 6.97. The quantitative estimate of drug-likeness (QED) is 0.708. The van der Waals surface area contributed by atoms with Gasteiger partial charge in [-0.15, -0.1) is 0 Å². The average molecular weight is 290 g/mol. The summed E-state index contributed by atoms with van der Waals surface area (Å²) in [6.07, 6.45) is 5.67. The number of aliphatic hydroxyl groups is 1. The molecular formula is C12H18N8O. The summed E-state index contributed by atoms with van der Waals surface area (Å²) in [7, 11) is 1.74. The van der Waals surface area contributed by atoms with Crippen LogP contribution in [0.5, 0.6) is 0 Å². The molecule has 21 heavy (non-hydrogen) atoms. The van der Waals surface area contributed by atoms with Crippen LogP contribution < -0.4 is 10.6 Å². The van der Waals surface area contributed by atoms with Crippen LogP contribution in [-0.4, -0.2) is 54.5 Å². The topological polar surface area (TPSA) is 114 Å². The Hall–Kier alpha value is -2.29. The molecule has 112 valence electrons. The number of aromatic nitrogens is 6. The molecule has 0 amide bonds. The minimum atomic E-state index is -0.238. The maximum absolute atomic E-state index is 9.84. The van der Waals surface area contributed by atoms with Gasteiger partial charge < -0.3 is 15.7 Å². The van der Waals surface area contributed by atoms with E-state index in [1.807, 2.05) is 0 Å². The fraction of sp³-hybridized carbons (Fsp3) is 0.583. The van der Waals surface area contributed by atoms with Gasteiger partial charge in [0.2, 0.25) is 11.9 Å². The zero-order valence-corrected chi connectivity index (χ0v) is 11.8. The Labute approximate surface area is 121 Å². The Balaban J connectivity index is 1.76. The number of nitrogens with one attached hydrogen (secondary N) is 2. The van der Waals surface area contributed by atoms with Gasteiger partial charge in [0.15, 0.2) is 0 Å². The van der Waals surface area contributed by atoms with Crippen LogP contribution in [0.2, 0.25) is 0 Å². The van der Waals surface area contributed by atoms with Gasteiger partial charge in [0.25, 0.3) is 5.95 Å². The lowest BCUT2D eigenvalue weighted by Gasteiger charge is -2.15. The van der Waals surface area contributed by atoms with Gasteiger partial charge in [0, 0.05) is 19.5 Å². The second-order valence-electron chi connectivity index (χ2n) is 5.01. The van der Waals surface area contributed by atoms with Crippen molar-refractivity contribution in [2.45, 2.75) is 25.4 Å². The van der Waals surface area contributed by atoms with E-state index in [2.05, 4.69) is 35.7 Å². The Morgan fingerprint density at radius 2 is 2.14 bits per heavy atom. The van der Waals surface area contributed by atoms with Gasteiger partial charge in [-0.2, -0.15) is 24.7 Å². The number of hydrogen-bond donors (Lipinski definition) is 3. The summed E-state index contributed by atoms with van der Waals surface area (Å²) < 4.78 is 1.47. The third kappa shape index (κ3) is 3.07. The van der Waals surface area contributed by atoms with Crippen LogP contribution in [0.25, 0.3) is 5.95 Å². The highest BCUT2D eigenvalue weighted by molar-refractivity contribution is 5.37. The molecule has 0 spiro atoms. The highest BCUT2D eigenvalue weighted by atomic mass is 16.3. The summed E-state index contributed by atoms with van der Waals surface area (Å²) >= 11 is 0. The fourth-order valence-corrected chi connectivity index (χ4v) is 2.45. The summed E-state index contributed by atoms with van der Waals surface area (Å²) in [5.74, 6) is 1.54. The zero-order chi connectivity index (χ0) is 14.7. The molecule has 3 N–H and O–H groups in total. The molecule has 1 aliphatic rings. The smallest absolute Gasteiger partial charge is 0.258 e. The largest absolute Gasteiger partial charge is 0.393 e. The third-order valence-electron chi connectivity index (χ3n) is 3.61. The molecule has 3 rings (SSSR count). The Bertz CT molecular complexity index is 587. The lowest BCUT2D eigenvalue weighted by Crippen LogP contribution is -2.23.